The minimum Gasteiger partial charge on any atom is -0.329 e. The molecule has 0 radical (unpaired) electrons. The summed E-state index contributed by atoms with van der Waals surface area (Å²) in [6.07, 6.45) is 1.63. The molecule has 1 aromatic rings. The van der Waals surface area contributed by atoms with E-state index in [1.807, 2.05) is 0 Å². The molecular weight excluding hydrogens is 326 g/mol. The zero-order valence-corrected chi connectivity index (χ0v) is 14.2. The summed E-state index contributed by atoms with van der Waals surface area (Å²) in [5.74, 6) is 0. The lowest BCUT2D eigenvalue weighted by Crippen LogP contribution is -2.39. The number of benzene rings is 1. The fourth-order valence-electron chi connectivity index (χ4n) is 1.84. The van der Waals surface area contributed by atoms with Gasteiger partial charge in [0.1, 0.15) is 0 Å². The van der Waals surface area contributed by atoms with E-state index in [0.29, 0.717) is 0 Å². The minimum atomic E-state index is -3.78. The van der Waals surface area contributed by atoms with Crippen LogP contribution in [0.3, 0.4) is 0 Å². The van der Waals surface area contributed by atoms with Crippen LogP contribution in [0.15, 0.2) is 34.1 Å². The van der Waals surface area contributed by atoms with Crippen LogP contribution in [0.2, 0.25) is 0 Å². The molecule has 0 bridgehead atoms. The highest BCUT2D eigenvalue weighted by Gasteiger charge is 2.30. The Morgan fingerprint density at radius 2 is 1.86 bits per heavy atom. The highest BCUT2D eigenvalue weighted by molar-refractivity contribution is 7.90. The van der Waals surface area contributed by atoms with E-state index in [-0.39, 0.29) is 28.4 Å². The molecule has 1 aromatic carbocycles. The Morgan fingerprint density at radius 3 is 2.41 bits per heavy atom. The third kappa shape index (κ3) is 3.66. The van der Waals surface area contributed by atoms with Gasteiger partial charge in [-0.05, 0) is 38.0 Å². The number of rotatable bonds is 7. The highest BCUT2D eigenvalue weighted by Crippen LogP contribution is 2.24. The van der Waals surface area contributed by atoms with Crippen LogP contribution in [0.4, 0.5) is 0 Å². The first-order valence-corrected chi connectivity index (χ1v) is 9.91. The zero-order chi connectivity index (χ0) is 16.5. The number of sulfonamides is 2. The quantitative estimate of drug-likeness (QED) is 0.727. The van der Waals surface area contributed by atoms with E-state index in [0.717, 1.165) is 17.1 Å². The van der Waals surface area contributed by atoms with Gasteiger partial charge in [-0.1, -0.05) is 6.07 Å². The van der Waals surface area contributed by atoms with E-state index >= 15 is 0 Å². The molecule has 22 heavy (non-hydrogen) atoms. The maximum Gasteiger partial charge on any atom is 0.243 e. The Balaban J connectivity index is 2.35. The molecule has 1 atom stereocenters. The maximum absolute atomic E-state index is 12.5. The van der Waals surface area contributed by atoms with E-state index < -0.39 is 20.0 Å². The van der Waals surface area contributed by atoms with Crippen LogP contribution >= 0.6 is 0 Å². The second-order valence-corrected chi connectivity index (χ2v) is 9.19. The molecule has 9 heteroatoms. The molecule has 1 saturated carbocycles. The van der Waals surface area contributed by atoms with Gasteiger partial charge in [-0.3, -0.25) is 0 Å². The van der Waals surface area contributed by atoms with Gasteiger partial charge in [0, 0.05) is 25.7 Å². The Bertz CT molecular complexity index is 742. The number of hydrogen-bond donors (Lipinski definition) is 2. The molecule has 0 heterocycles. The third-order valence-corrected chi connectivity index (χ3v) is 7.14. The van der Waals surface area contributed by atoms with E-state index in [1.165, 1.54) is 31.3 Å². The molecule has 1 unspecified atom stereocenters. The van der Waals surface area contributed by atoms with Gasteiger partial charge < -0.3 is 5.73 Å². The average molecular weight is 347 g/mol. The number of nitrogens with one attached hydrogen (secondary N) is 1. The van der Waals surface area contributed by atoms with Crippen LogP contribution in [0.1, 0.15) is 19.8 Å². The van der Waals surface area contributed by atoms with Crippen molar-refractivity contribution >= 4 is 20.0 Å². The normalized spacial score (nSPS) is 17.6. The van der Waals surface area contributed by atoms with Crippen LogP contribution in [0, 0.1) is 0 Å². The molecule has 124 valence electrons. The van der Waals surface area contributed by atoms with Crippen molar-refractivity contribution in [3.05, 3.63) is 24.3 Å². The summed E-state index contributed by atoms with van der Waals surface area (Å²) in [6, 6.07) is 4.95. The molecule has 1 aliphatic carbocycles. The fourth-order valence-corrected chi connectivity index (χ4v) is 4.69. The summed E-state index contributed by atoms with van der Waals surface area (Å²) in [7, 11) is -6.05. The lowest BCUT2D eigenvalue weighted by molar-refractivity contribution is 0.394. The standard InChI is InChI=1S/C13H21N3O4S2/c1-10(9-14)16(2)22(19,20)13-5-3-4-12(8-13)21(17,18)15-11-6-7-11/h3-5,8,10-11,15H,6-7,9,14H2,1-2H3. The van der Waals surface area contributed by atoms with E-state index in [1.54, 1.807) is 6.92 Å². The van der Waals surface area contributed by atoms with Crippen molar-refractivity contribution < 1.29 is 16.8 Å². The SMILES string of the molecule is CC(CN)N(C)S(=O)(=O)c1cccc(S(=O)(=O)NC2CC2)c1. The Hall–Kier alpha value is -1.00. The van der Waals surface area contributed by atoms with Crippen molar-refractivity contribution in [2.75, 3.05) is 13.6 Å². The van der Waals surface area contributed by atoms with Gasteiger partial charge in [0.05, 0.1) is 9.79 Å². The molecule has 1 fully saturated rings. The van der Waals surface area contributed by atoms with Crippen LogP contribution < -0.4 is 10.5 Å². The molecule has 1 aliphatic rings. The summed E-state index contributed by atoms with van der Waals surface area (Å²) in [5, 5.41) is 0. The lowest BCUT2D eigenvalue weighted by Gasteiger charge is -2.23. The molecule has 0 saturated heterocycles. The Morgan fingerprint density at radius 1 is 1.27 bits per heavy atom. The maximum atomic E-state index is 12.5. The molecule has 2 rings (SSSR count). The second-order valence-electron chi connectivity index (χ2n) is 5.48. The first kappa shape index (κ1) is 17.4. The van der Waals surface area contributed by atoms with Gasteiger partial charge in [0.15, 0.2) is 0 Å². The average Bonchev–Trinajstić information content (AvgIpc) is 3.29. The van der Waals surface area contributed by atoms with Crippen LogP contribution in [0.5, 0.6) is 0 Å². The summed E-state index contributed by atoms with van der Waals surface area (Å²) < 4.78 is 53.0. The Labute approximate surface area is 131 Å². The van der Waals surface area contributed by atoms with Crippen LogP contribution in [-0.2, 0) is 20.0 Å². The van der Waals surface area contributed by atoms with E-state index in [4.69, 9.17) is 5.73 Å². The summed E-state index contributed by atoms with van der Waals surface area (Å²) in [5.41, 5.74) is 5.50. The summed E-state index contributed by atoms with van der Waals surface area (Å²) in [4.78, 5) is -0.108. The molecule has 0 amide bonds. The molecule has 0 aliphatic heterocycles. The topological polar surface area (TPSA) is 110 Å². The zero-order valence-electron chi connectivity index (χ0n) is 12.6. The molecule has 0 aromatic heterocycles. The minimum absolute atomic E-state index is 0.0369. The number of likely N-dealkylation sites (N-methyl/N-ethyl adjacent to an activating group) is 1. The van der Waals surface area contributed by atoms with Crippen molar-refractivity contribution in [2.45, 2.75) is 41.6 Å². The smallest absolute Gasteiger partial charge is 0.243 e. The van der Waals surface area contributed by atoms with Gasteiger partial charge in [0.25, 0.3) is 0 Å². The molecule has 3 N–H and O–H groups in total. The predicted molar refractivity (Wildman–Crippen MR) is 83.3 cm³/mol. The van der Waals surface area contributed by atoms with E-state index in [9.17, 15) is 16.8 Å². The van der Waals surface area contributed by atoms with E-state index in [2.05, 4.69) is 4.72 Å². The van der Waals surface area contributed by atoms with Gasteiger partial charge in [-0.15, -0.1) is 0 Å². The van der Waals surface area contributed by atoms with Gasteiger partial charge >= 0.3 is 0 Å². The number of nitrogens with zero attached hydrogens (tertiary/aromatic N) is 1. The summed E-state index contributed by atoms with van der Waals surface area (Å²) in [6.45, 7) is 1.86. The molecule has 0 spiro atoms. The lowest BCUT2D eigenvalue weighted by atomic mass is 10.4. The van der Waals surface area contributed by atoms with Crippen LogP contribution in [-0.4, -0.2) is 46.8 Å². The summed E-state index contributed by atoms with van der Waals surface area (Å²) >= 11 is 0. The molecular formula is C13H21N3O4S2. The van der Waals surface area contributed by atoms with Crippen molar-refractivity contribution in [2.24, 2.45) is 5.73 Å². The highest BCUT2D eigenvalue weighted by atomic mass is 32.2. The van der Waals surface area contributed by atoms with Gasteiger partial charge in [-0.25, -0.2) is 21.6 Å². The third-order valence-electron chi connectivity index (χ3n) is 3.65. The monoisotopic (exact) mass is 347 g/mol. The first-order valence-electron chi connectivity index (χ1n) is 6.99. The first-order chi connectivity index (χ1) is 10.2. The van der Waals surface area contributed by atoms with Crippen LogP contribution in [0.25, 0.3) is 0 Å². The second kappa shape index (κ2) is 6.25. The largest absolute Gasteiger partial charge is 0.329 e. The van der Waals surface area contributed by atoms with Crippen molar-refractivity contribution in [3.8, 4) is 0 Å². The Kier molecular flexibility index (Phi) is 4.93. The van der Waals surface area contributed by atoms with Crippen molar-refractivity contribution in [1.29, 1.82) is 0 Å². The number of hydrogen-bond acceptors (Lipinski definition) is 5. The van der Waals surface area contributed by atoms with Gasteiger partial charge in [-0.2, -0.15) is 4.31 Å². The number of nitrogens with two attached hydrogens (primary N) is 1. The van der Waals surface area contributed by atoms with Crippen molar-refractivity contribution in [1.82, 2.24) is 9.03 Å². The molecule has 7 nitrogen and oxygen atoms in total. The fraction of sp³-hybridized carbons (Fsp3) is 0.538. The predicted octanol–water partition coefficient (Wildman–Crippen LogP) is 0.0950. The van der Waals surface area contributed by atoms with Crippen molar-refractivity contribution in [3.63, 3.8) is 0 Å². The van der Waals surface area contributed by atoms with Gasteiger partial charge in [0.2, 0.25) is 20.0 Å².